The Kier molecular flexibility index (Phi) is 21.8. The van der Waals surface area contributed by atoms with Gasteiger partial charge < -0.3 is 22.3 Å². The first-order valence-corrected chi connectivity index (χ1v) is 5.55. The van der Waals surface area contributed by atoms with Crippen molar-refractivity contribution in [2.75, 3.05) is 0 Å². The molecule has 0 spiro atoms. The molecule has 0 saturated carbocycles. The molecule has 0 amide bonds. The number of hydrogen-bond acceptors (Lipinski definition) is 0. The average Bonchev–Trinajstić information content (AvgIpc) is 2.21. The van der Waals surface area contributed by atoms with E-state index in [0.29, 0.717) is 0 Å². The van der Waals surface area contributed by atoms with Crippen molar-refractivity contribution >= 4 is 29.1 Å². The van der Waals surface area contributed by atoms with E-state index in [9.17, 15) is 0 Å². The van der Waals surface area contributed by atoms with Gasteiger partial charge in [-0.1, -0.05) is 36.4 Å². The molecule has 0 fully saturated rings. The summed E-state index contributed by atoms with van der Waals surface area (Å²) in [6.45, 7) is 0. The first-order chi connectivity index (χ1) is 6.45. The van der Waals surface area contributed by atoms with Gasteiger partial charge in [-0.3, -0.25) is 0 Å². The molecule has 0 bridgehead atoms. The second kappa shape index (κ2) is 14.9. The molecule has 0 aromatic heterocycles. The fraction of sp³-hybridized carbons (Fsp3) is 0. The third-order valence-corrected chi connectivity index (χ3v) is 3.37. The van der Waals surface area contributed by atoms with Crippen LogP contribution >= 0.6 is 18.5 Å². The van der Waals surface area contributed by atoms with Gasteiger partial charge in [0.2, 0.25) is 0 Å². The van der Waals surface area contributed by atoms with Crippen molar-refractivity contribution in [3.05, 3.63) is 82.9 Å². The molecule has 0 radical (unpaired) electrons. The minimum Gasteiger partial charge on any atom is -0.358 e. The fourth-order valence-electron chi connectivity index (χ4n) is 1.29. The van der Waals surface area contributed by atoms with Gasteiger partial charge in [-0.2, -0.15) is 9.90 Å². The van der Waals surface area contributed by atoms with Gasteiger partial charge in [0, 0.05) is 0 Å². The van der Waals surface area contributed by atoms with Crippen molar-refractivity contribution < 1.29 is 16.8 Å². The summed E-state index contributed by atoms with van der Waals surface area (Å²) in [7, 11) is 0.271. The quantitative estimate of drug-likeness (QED) is 0.586. The maximum atomic E-state index is 2.20. The largest absolute Gasteiger partial charge is 3.00 e. The minimum atomic E-state index is 0. The molecule has 2 rings (SSSR count). The summed E-state index contributed by atoms with van der Waals surface area (Å²) >= 11 is 0. The Hall–Kier alpha value is -0.194. The molecule has 0 aliphatic carbocycles. The summed E-state index contributed by atoms with van der Waals surface area (Å²) in [6.07, 6.45) is 0. The Morgan fingerprint density at radius 3 is 1.11 bits per heavy atom. The first-order valence-electron chi connectivity index (χ1n) is 4.40. The molecule has 102 valence electrons. The van der Waals surface area contributed by atoms with Crippen LogP contribution in [0.4, 0.5) is 0 Å². The Balaban J connectivity index is -0.000000196. The predicted octanol–water partition coefficient (Wildman–Crippen LogP) is 3.45. The molecule has 0 nitrogen and oxygen atoms in total. The normalized spacial score (nSPS) is 7.11. The molecule has 0 saturated heterocycles. The van der Waals surface area contributed by atoms with E-state index in [-0.39, 0.29) is 57.5 Å². The maximum Gasteiger partial charge on any atom is 3.00 e. The zero-order valence-corrected chi connectivity index (χ0v) is 15.0. The smallest absolute Gasteiger partial charge is 0.358 e. The molecule has 0 aliphatic heterocycles. The molecule has 0 heterocycles. The number of benzene rings is 2. The first kappa shape index (κ1) is 26.4. The molecular formula is C15H24CoP2+. The van der Waals surface area contributed by atoms with Gasteiger partial charge in [-0.25, -0.2) is 0 Å². The van der Waals surface area contributed by atoms with Crippen LogP contribution in [0.15, 0.2) is 60.7 Å². The van der Waals surface area contributed by atoms with Crippen LogP contribution in [0.1, 0.15) is 0 Å². The third kappa shape index (κ3) is 8.83. The fourth-order valence-corrected chi connectivity index (χ4v) is 2.51. The Labute approximate surface area is 129 Å². The van der Waals surface area contributed by atoms with Crippen LogP contribution in [-0.4, -0.2) is 0 Å². The number of hydrogen-bond donors (Lipinski definition) is 0. The standard InChI is InChI=1S/C12H11P.3CH3.Co.H3P/c1-3-7-11(8-4-1)13-12-9-5-2-6-10-12;;;;;/h1-10,13H;3*1H3;;1H3/q;3*-1;+3;/p+1. The van der Waals surface area contributed by atoms with Gasteiger partial charge in [0.25, 0.3) is 0 Å². The number of rotatable bonds is 2. The second-order valence-corrected chi connectivity index (χ2v) is 4.59. The van der Waals surface area contributed by atoms with Crippen molar-refractivity contribution in [2.24, 2.45) is 0 Å². The van der Waals surface area contributed by atoms with Crippen molar-refractivity contribution in [2.45, 2.75) is 0 Å². The maximum absolute atomic E-state index is 2.20. The van der Waals surface area contributed by atoms with E-state index < -0.39 is 0 Å². The molecule has 18 heavy (non-hydrogen) atoms. The zero-order valence-electron chi connectivity index (χ0n) is 11.4. The van der Waals surface area contributed by atoms with Gasteiger partial charge >= 0.3 is 16.8 Å². The van der Waals surface area contributed by atoms with Gasteiger partial charge in [-0.05, 0) is 24.3 Å². The van der Waals surface area contributed by atoms with E-state index >= 15 is 0 Å². The molecule has 1 atom stereocenters. The van der Waals surface area contributed by atoms with Crippen molar-refractivity contribution in [1.82, 2.24) is 0 Å². The van der Waals surface area contributed by atoms with Crippen LogP contribution < -0.4 is 10.6 Å². The van der Waals surface area contributed by atoms with Gasteiger partial charge in [-0.15, -0.1) is 0 Å². The van der Waals surface area contributed by atoms with E-state index in [2.05, 4.69) is 60.7 Å². The summed E-state index contributed by atoms with van der Waals surface area (Å²) in [5, 5.41) is 2.90. The van der Waals surface area contributed by atoms with Crippen molar-refractivity contribution in [1.29, 1.82) is 0 Å². The summed E-state index contributed by atoms with van der Waals surface area (Å²) < 4.78 is 0. The van der Waals surface area contributed by atoms with E-state index in [1.165, 1.54) is 10.6 Å². The SMILES string of the molecule is P.[CH3-].[CH3-].[CH3-].[Co+3].c1ccc([PH2+]c2ccccc2)cc1. The molecule has 2 aromatic rings. The van der Waals surface area contributed by atoms with E-state index in [1.54, 1.807) is 0 Å². The third-order valence-electron chi connectivity index (χ3n) is 1.93. The Morgan fingerprint density at radius 1 is 0.556 bits per heavy atom. The summed E-state index contributed by atoms with van der Waals surface area (Å²) in [4.78, 5) is 0. The molecule has 0 aliphatic rings. The molecular weight excluding hydrogens is 301 g/mol. The van der Waals surface area contributed by atoms with Crippen LogP contribution in [-0.2, 0) is 16.8 Å². The van der Waals surface area contributed by atoms with Gasteiger partial charge in [0.05, 0.1) is 19.2 Å². The van der Waals surface area contributed by atoms with E-state index in [0.717, 1.165) is 0 Å². The van der Waals surface area contributed by atoms with Crippen LogP contribution in [0.5, 0.6) is 0 Å². The minimum absolute atomic E-state index is 0. The predicted molar refractivity (Wildman–Crippen MR) is 92.2 cm³/mol. The second-order valence-electron chi connectivity index (χ2n) is 2.97. The van der Waals surface area contributed by atoms with Gasteiger partial charge in [0.1, 0.15) is 0 Å². The molecule has 2 aromatic carbocycles. The topological polar surface area (TPSA) is 0 Å². The Bertz CT molecular complexity index is 325. The molecule has 3 heteroatoms. The molecule has 0 N–H and O–H groups in total. The van der Waals surface area contributed by atoms with Crippen LogP contribution in [0.25, 0.3) is 0 Å². The summed E-state index contributed by atoms with van der Waals surface area (Å²) in [5.41, 5.74) is 0. The summed E-state index contributed by atoms with van der Waals surface area (Å²) in [6, 6.07) is 21.3. The average molecular weight is 325 g/mol. The van der Waals surface area contributed by atoms with Crippen LogP contribution in [0.2, 0.25) is 0 Å². The molecule has 1 unspecified atom stereocenters. The van der Waals surface area contributed by atoms with Crippen LogP contribution in [0.3, 0.4) is 0 Å². The monoisotopic (exact) mass is 325 g/mol. The summed E-state index contributed by atoms with van der Waals surface area (Å²) in [5.74, 6) is 0. The van der Waals surface area contributed by atoms with E-state index in [4.69, 9.17) is 0 Å². The zero-order chi connectivity index (χ0) is 8.93. The Morgan fingerprint density at radius 2 is 0.833 bits per heavy atom. The van der Waals surface area contributed by atoms with Crippen LogP contribution in [0, 0.1) is 22.3 Å². The van der Waals surface area contributed by atoms with E-state index in [1.807, 2.05) is 0 Å². The van der Waals surface area contributed by atoms with Crippen molar-refractivity contribution in [3.8, 4) is 0 Å². The van der Waals surface area contributed by atoms with Crippen molar-refractivity contribution in [3.63, 3.8) is 0 Å². The van der Waals surface area contributed by atoms with Gasteiger partial charge in [0.15, 0.2) is 0 Å².